The Hall–Kier alpha value is -1.81. The Bertz CT molecular complexity index is 651. The first-order valence-corrected chi connectivity index (χ1v) is 8.60. The second kappa shape index (κ2) is 6.75. The minimum absolute atomic E-state index is 0.476. The highest BCUT2D eigenvalue weighted by Crippen LogP contribution is 2.23. The molecule has 0 N–H and O–H groups in total. The Labute approximate surface area is 139 Å². The van der Waals surface area contributed by atoms with E-state index in [1.807, 2.05) is 12.5 Å². The molecule has 2 aromatic rings. The lowest BCUT2D eigenvalue weighted by atomic mass is 10.1. The first-order valence-electron chi connectivity index (χ1n) is 8.60. The molecule has 0 atom stereocenters. The Morgan fingerprint density at radius 2 is 1.83 bits per heavy atom. The van der Waals surface area contributed by atoms with Gasteiger partial charge in [0.25, 0.3) is 0 Å². The predicted molar refractivity (Wildman–Crippen MR) is 96.0 cm³/mol. The van der Waals surface area contributed by atoms with E-state index in [4.69, 9.17) is 0 Å². The van der Waals surface area contributed by atoms with Crippen molar-refractivity contribution in [3.05, 3.63) is 47.5 Å². The number of anilines is 1. The molecule has 1 aromatic heterocycles. The molecule has 0 unspecified atom stereocenters. The van der Waals surface area contributed by atoms with Crippen molar-refractivity contribution in [2.45, 2.75) is 40.3 Å². The molecule has 1 aromatic carbocycles. The summed E-state index contributed by atoms with van der Waals surface area (Å²) >= 11 is 0. The number of benzene rings is 1. The molecule has 1 saturated heterocycles. The first kappa shape index (κ1) is 16.1. The Morgan fingerprint density at radius 3 is 2.52 bits per heavy atom. The number of nitrogens with zero attached hydrogens (tertiary/aromatic N) is 4. The van der Waals surface area contributed by atoms with Crippen LogP contribution in [-0.2, 0) is 6.54 Å². The molecule has 1 aliphatic rings. The van der Waals surface area contributed by atoms with Crippen LogP contribution in [-0.4, -0.2) is 40.6 Å². The maximum atomic E-state index is 4.32. The summed E-state index contributed by atoms with van der Waals surface area (Å²) in [5.41, 5.74) is 5.44. The zero-order valence-electron chi connectivity index (χ0n) is 14.8. The molecule has 2 heterocycles. The number of rotatable bonds is 4. The van der Waals surface area contributed by atoms with Gasteiger partial charge in [0.15, 0.2) is 0 Å². The normalized spacial score (nSPS) is 16.3. The Morgan fingerprint density at radius 1 is 1.09 bits per heavy atom. The van der Waals surface area contributed by atoms with Gasteiger partial charge in [-0.2, -0.15) is 0 Å². The molecule has 0 radical (unpaired) electrons. The van der Waals surface area contributed by atoms with E-state index in [-0.39, 0.29) is 0 Å². The lowest BCUT2D eigenvalue weighted by Gasteiger charge is -2.37. The second-order valence-electron chi connectivity index (χ2n) is 6.94. The fourth-order valence-electron chi connectivity index (χ4n) is 3.36. The average molecular weight is 312 g/mol. The quantitative estimate of drug-likeness (QED) is 0.865. The molecule has 4 heteroatoms. The lowest BCUT2D eigenvalue weighted by Crippen LogP contribution is -2.46. The van der Waals surface area contributed by atoms with E-state index in [0.717, 1.165) is 32.7 Å². The van der Waals surface area contributed by atoms with Gasteiger partial charge in [0, 0.05) is 50.6 Å². The topological polar surface area (TPSA) is 24.3 Å². The lowest BCUT2D eigenvalue weighted by molar-refractivity contribution is 0.242. The first-order chi connectivity index (χ1) is 11.0. The molecule has 0 bridgehead atoms. The fraction of sp³-hybridized carbons (Fsp3) is 0.526. The van der Waals surface area contributed by atoms with Gasteiger partial charge in [-0.3, -0.25) is 4.90 Å². The van der Waals surface area contributed by atoms with E-state index in [1.54, 1.807) is 0 Å². The maximum Gasteiger partial charge on any atom is 0.0951 e. The van der Waals surface area contributed by atoms with Crippen LogP contribution in [0.3, 0.4) is 0 Å². The van der Waals surface area contributed by atoms with Gasteiger partial charge < -0.3 is 9.47 Å². The maximum absolute atomic E-state index is 4.32. The zero-order valence-corrected chi connectivity index (χ0v) is 14.8. The number of imidazole rings is 1. The van der Waals surface area contributed by atoms with E-state index in [9.17, 15) is 0 Å². The summed E-state index contributed by atoms with van der Waals surface area (Å²) in [5, 5.41) is 0. The average Bonchev–Trinajstić information content (AvgIpc) is 2.99. The minimum atomic E-state index is 0.476. The molecular weight excluding hydrogens is 284 g/mol. The van der Waals surface area contributed by atoms with Crippen LogP contribution in [0.1, 0.15) is 36.7 Å². The van der Waals surface area contributed by atoms with Crippen LogP contribution in [0.25, 0.3) is 0 Å². The third-order valence-electron chi connectivity index (χ3n) is 4.77. The van der Waals surface area contributed by atoms with Gasteiger partial charge in [-0.25, -0.2) is 4.98 Å². The Kier molecular flexibility index (Phi) is 4.71. The van der Waals surface area contributed by atoms with Gasteiger partial charge >= 0.3 is 0 Å². The summed E-state index contributed by atoms with van der Waals surface area (Å²) in [5.74, 6) is 0. The molecule has 1 fully saturated rings. The van der Waals surface area contributed by atoms with Crippen molar-refractivity contribution in [3.63, 3.8) is 0 Å². The smallest absolute Gasteiger partial charge is 0.0951 e. The monoisotopic (exact) mass is 312 g/mol. The van der Waals surface area contributed by atoms with Crippen LogP contribution in [0.15, 0.2) is 30.7 Å². The highest BCUT2D eigenvalue weighted by atomic mass is 15.3. The van der Waals surface area contributed by atoms with Crippen molar-refractivity contribution >= 4 is 5.69 Å². The van der Waals surface area contributed by atoms with Crippen molar-refractivity contribution in [2.75, 3.05) is 31.1 Å². The van der Waals surface area contributed by atoms with E-state index in [0.29, 0.717) is 6.04 Å². The summed E-state index contributed by atoms with van der Waals surface area (Å²) in [6, 6.07) is 7.22. The fourth-order valence-corrected chi connectivity index (χ4v) is 3.36. The number of aryl methyl sites for hydroxylation is 2. The van der Waals surface area contributed by atoms with Crippen LogP contribution in [0, 0.1) is 13.8 Å². The van der Waals surface area contributed by atoms with Crippen LogP contribution in [0.2, 0.25) is 0 Å². The van der Waals surface area contributed by atoms with Crippen molar-refractivity contribution in [2.24, 2.45) is 0 Å². The minimum Gasteiger partial charge on any atom is -0.369 e. The van der Waals surface area contributed by atoms with Gasteiger partial charge in [0.1, 0.15) is 0 Å². The van der Waals surface area contributed by atoms with Gasteiger partial charge in [0.05, 0.1) is 12.0 Å². The van der Waals surface area contributed by atoms with Crippen LogP contribution in [0.4, 0.5) is 5.69 Å². The number of hydrogen-bond acceptors (Lipinski definition) is 3. The molecule has 1 aliphatic heterocycles. The summed E-state index contributed by atoms with van der Waals surface area (Å²) in [6.07, 6.45) is 3.96. The summed E-state index contributed by atoms with van der Waals surface area (Å²) < 4.78 is 2.27. The Balaban J connectivity index is 1.62. The SMILES string of the molecule is Cc1ccc(C)c(N2CCN(Cc3cncn3C(C)C)CC2)c1. The van der Waals surface area contributed by atoms with Crippen LogP contribution >= 0.6 is 0 Å². The molecule has 4 nitrogen and oxygen atoms in total. The number of aromatic nitrogens is 2. The largest absolute Gasteiger partial charge is 0.369 e. The third-order valence-corrected chi connectivity index (χ3v) is 4.77. The third kappa shape index (κ3) is 3.58. The number of hydrogen-bond donors (Lipinski definition) is 0. The molecule has 3 rings (SSSR count). The van der Waals surface area contributed by atoms with Gasteiger partial charge in [-0.15, -0.1) is 0 Å². The molecule has 0 saturated carbocycles. The van der Waals surface area contributed by atoms with Gasteiger partial charge in [0.2, 0.25) is 0 Å². The van der Waals surface area contributed by atoms with E-state index in [1.165, 1.54) is 22.5 Å². The van der Waals surface area contributed by atoms with Crippen LogP contribution in [0.5, 0.6) is 0 Å². The molecule has 23 heavy (non-hydrogen) atoms. The van der Waals surface area contributed by atoms with Crippen LogP contribution < -0.4 is 4.90 Å². The molecule has 124 valence electrons. The summed E-state index contributed by atoms with van der Waals surface area (Å²) in [4.78, 5) is 9.38. The summed E-state index contributed by atoms with van der Waals surface area (Å²) in [6.45, 7) is 14.2. The predicted octanol–water partition coefficient (Wildman–Crippen LogP) is 3.40. The highest BCUT2D eigenvalue weighted by Gasteiger charge is 2.19. The molecule has 0 aliphatic carbocycles. The summed E-state index contributed by atoms with van der Waals surface area (Å²) in [7, 11) is 0. The molecular formula is C19H28N4. The molecule has 0 amide bonds. The zero-order chi connectivity index (χ0) is 16.4. The van der Waals surface area contributed by atoms with Crippen molar-refractivity contribution in [1.29, 1.82) is 0 Å². The standard InChI is InChI=1S/C19H28N4/c1-15(2)23-14-20-12-18(23)13-21-7-9-22(10-8-21)19-11-16(3)5-6-17(19)4/h5-6,11-12,14-15H,7-10,13H2,1-4H3. The highest BCUT2D eigenvalue weighted by molar-refractivity contribution is 5.55. The number of piperazine rings is 1. The van der Waals surface area contributed by atoms with Gasteiger partial charge in [-0.05, 0) is 44.9 Å². The van der Waals surface area contributed by atoms with Crippen molar-refractivity contribution in [1.82, 2.24) is 14.5 Å². The van der Waals surface area contributed by atoms with Gasteiger partial charge in [-0.1, -0.05) is 12.1 Å². The van der Waals surface area contributed by atoms with Crippen molar-refractivity contribution in [3.8, 4) is 0 Å². The molecule has 0 spiro atoms. The van der Waals surface area contributed by atoms with Crippen molar-refractivity contribution < 1.29 is 0 Å². The second-order valence-corrected chi connectivity index (χ2v) is 6.94. The van der Waals surface area contributed by atoms with E-state index >= 15 is 0 Å². The van der Waals surface area contributed by atoms with E-state index in [2.05, 4.69) is 65.2 Å². The van der Waals surface area contributed by atoms with E-state index < -0.39 is 0 Å².